The van der Waals surface area contributed by atoms with Gasteiger partial charge in [0.2, 0.25) is 0 Å². The first kappa shape index (κ1) is 19.3. The fraction of sp³-hybridized carbons (Fsp3) is 0.391. The Bertz CT molecular complexity index is 1110. The molecule has 1 aliphatic heterocycles. The van der Waals surface area contributed by atoms with Gasteiger partial charge in [0, 0.05) is 41.9 Å². The van der Waals surface area contributed by atoms with E-state index in [0.29, 0.717) is 6.42 Å². The van der Waals surface area contributed by atoms with Crippen LogP contribution in [0.5, 0.6) is 0 Å². The highest BCUT2D eigenvalue weighted by Crippen LogP contribution is 2.36. The van der Waals surface area contributed by atoms with E-state index in [9.17, 15) is 4.79 Å². The quantitative estimate of drug-likeness (QED) is 0.677. The second-order valence-corrected chi connectivity index (χ2v) is 8.76. The van der Waals surface area contributed by atoms with Gasteiger partial charge in [0.15, 0.2) is 5.82 Å². The Morgan fingerprint density at radius 3 is 2.45 bits per heavy atom. The van der Waals surface area contributed by atoms with Crippen molar-refractivity contribution < 1.29 is 4.79 Å². The Morgan fingerprint density at radius 1 is 1.10 bits per heavy atom. The van der Waals surface area contributed by atoms with Crippen molar-refractivity contribution in [3.63, 3.8) is 0 Å². The number of aromatic nitrogens is 4. The van der Waals surface area contributed by atoms with Crippen molar-refractivity contribution in [1.82, 2.24) is 19.3 Å². The van der Waals surface area contributed by atoms with Gasteiger partial charge in [-0.05, 0) is 13.8 Å². The summed E-state index contributed by atoms with van der Waals surface area (Å²) in [5.41, 5.74) is 4.69. The minimum Gasteiger partial charge on any atom is -0.352 e. The van der Waals surface area contributed by atoms with Crippen LogP contribution in [0.2, 0.25) is 0 Å². The van der Waals surface area contributed by atoms with Crippen LogP contribution in [-0.2, 0) is 11.8 Å². The van der Waals surface area contributed by atoms with Gasteiger partial charge < -0.3 is 4.57 Å². The molecule has 3 heterocycles. The van der Waals surface area contributed by atoms with Crippen molar-refractivity contribution in [1.29, 1.82) is 0 Å². The zero-order chi connectivity index (χ0) is 20.9. The van der Waals surface area contributed by atoms with Crippen LogP contribution in [0, 0.1) is 19.3 Å². The third-order valence-electron chi connectivity index (χ3n) is 5.64. The number of rotatable bonds is 3. The summed E-state index contributed by atoms with van der Waals surface area (Å²) in [5.74, 6) is 1.68. The molecule has 0 N–H and O–H groups in total. The van der Waals surface area contributed by atoms with Crippen molar-refractivity contribution in [2.45, 2.75) is 47.1 Å². The first-order valence-electron chi connectivity index (χ1n) is 9.93. The molecule has 6 heteroatoms. The topological polar surface area (TPSA) is 65.1 Å². The Balaban J connectivity index is 1.98. The average Bonchev–Trinajstić information content (AvgIpc) is 3.14. The summed E-state index contributed by atoms with van der Waals surface area (Å²) in [7, 11) is 2.03. The minimum atomic E-state index is -0.431. The second-order valence-electron chi connectivity index (χ2n) is 8.76. The second kappa shape index (κ2) is 6.79. The molecule has 4 rings (SSSR count). The van der Waals surface area contributed by atoms with E-state index in [1.54, 1.807) is 0 Å². The number of ketones is 1. The summed E-state index contributed by atoms with van der Waals surface area (Å²) >= 11 is 0. The maximum Gasteiger partial charge on any atom is 0.163 e. The molecule has 2 aromatic heterocycles. The van der Waals surface area contributed by atoms with E-state index >= 15 is 0 Å². The van der Waals surface area contributed by atoms with E-state index < -0.39 is 5.41 Å². The predicted molar refractivity (Wildman–Crippen MR) is 114 cm³/mol. The number of benzene rings is 1. The number of fused-ring (bicyclic) bond motifs is 3. The van der Waals surface area contributed by atoms with Crippen LogP contribution in [0.1, 0.15) is 61.7 Å². The summed E-state index contributed by atoms with van der Waals surface area (Å²) in [6.45, 7) is 9.88. The number of carbonyl (C=O) groups is 1. The molecule has 0 amide bonds. The van der Waals surface area contributed by atoms with E-state index in [2.05, 4.69) is 44.6 Å². The number of aliphatic imine (C=N–C) groups is 1. The zero-order valence-electron chi connectivity index (χ0n) is 17.9. The lowest BCUT2D eigenvalue weighted by Crippen LogP contribution is -2.23. The number of carbonyl (C=O) groups excluding carboxylic acids is 1. The van der Waals surface area contributed by atoms with Gasteiger partial charge in [-0.3, -0.25) is 14.4 Å². The fourth-order valence-corrected chi connectivity index (χ4v) is 3.77. The van der Waals surface area contributed by atoms with Crippen LogP contribution in [0.25, 0.3) is 5.69 Å². The van der Waals surface area contributed by atoms with Crippen molar-refractivity contribution in [2.75, 3.05) is 0 Å². The van der Waals surface area contributed by atoms with Crippen molar-refractivity contribution >= 4 is 11.5 Å². The number of Topliss-reactive ketones (excluding diaryl/α,β-unsaturated/α-hetero) is 1. The van der Waals surface area contributed by atoms with Gasteiger partial charge in [-0.2, -0.15) is 0 Å². The van der Waals surface area contributed by atoms with Gasteiger partial charge in [-0.15, -0.1) is 10.2 Å². The highest BCUT2D eigenvalue weighted by molar-refractivity contribution is 6.16. The molecule has 0 fully saturated rings. The largest absolute Gasteiger partial charge is 0.352 e. The third kappa shape index (κ3) is 3.22. The van der Waals surface area contributed by atoms with Crippen LogP contribution in [0.4, 0.5) is 0 Å². The number of hydrogen-bond acceptors (Lipinski definition) is 4. The van der Waals surface area contributed by atoms with Gasteiger partial charge in [0.05, 0.1) is 11.4 Å². The molecule has 0 saturated heterocycles. The molecule has 0 radical (unpaired) electrons. The zero-order valence-corrected chi connectivity index (χ0v) is 17.9. The van der Waals surface area contributed by atoms with Crippen LogP contribution < -0.4 is 0 Å². The molecular formula is C23H27N5O. The van der Waals surface area contributed by atoms with E-state index in [1.807, 2.05) is 52.9 Å². The van der Waals surface area contributed by atoms with Crippen LogP contribution in [0.15, 0.2) is 41.5 Å². The Labute approximate surface area is 171 Å². The van der Waals surface area contributed by atoms with E-state index in [0.717, 1.165) is 39.9 Å². The first-order valence-corrected chi connectivity index (χ1v) is 9.93. The van der Waals surface area contributed by atoms with E-state index in [-0.39, 0.29) is 11.8 Å². The molecule has 1 aromatic carbocycles. The number of hydrogen-bond donors (Lipinski definition) is 0. The average molecular weight is 390 g/mol. The maximum atomic E-state index is 12.9. The Morgan fingerprint density at radius 2 is 1.79 bits per heavy atom. The third-order valence-corrected chi connectivity index (χ3v) is 5.64. The van der Waals surface area contributed by atoms with Crippen LogP contribution in [-0.4, -0.2) is 30.8 Å². The van der Waals surface area contributed by atoms with E-state index in [1.165, 1.54) is 0 Å². The van der Waals surface area contributed by atoms with E-state index in [4.69, 9.17) is 4.99 Å². The van der Waals surface area contributed by atoms with Gasteiger partial charge in [-0.1, -0.05) is 51.1 Å². The van der Waals surface area contributed by atoms with Crippen LogP contribution >= 0.6 is 0 Å². The first-order chi connectivity index (χ1) is 13.7. The summed E-state index contributed by atoms with van der Waals surface area (Å²) in [6, 6.07) is 9.78. The maximum absolute atomic E-state index is 12.9. The Hall–Kier alpha value is -3.02. The van der Waals surface area contributed by atoms with Gasteiger partial charge >= 0.3 is 0 Å². The highest BCUT2D eigenvalue weighted by atomic mass is 16.1. The molecule has 3 aromatic rings. The summed E-state index contributed by atoms with van der Waals surface area (Å²) in [5, 5.41) is 8.76. The summed E-state index contributed by atoms with van der Waals surface area (Å²) in [6.07, 6.45) is 2.39. The van der Waals surface area contributed by atoms with Gasteiger partial charge in [0.25, 0.3) is 0 Å². The molecule has 6 nitrogen and oxygen atoms in total. The number of aryl methyl sites for hydroxylation is 2. The highest BCUT2D eigenvalue weighted by Gasteiger charge is 2.33. The Kier molecular flexibility index (Phi) is 4.52. The van der Waals surface area contributed by atoms with Gasteiger partial charge in [0.1, 0.15) is 17.6 Å². The van der Waals surface area contributed by atoms with Crippen molar-refractivity contribution in [3.05, 3.63) is 65.0 Å². The molecule has 0 saturated carbocycles. The van der Waals surface area contributed by atoms with Gasteiger partial charge in [-0.25, -0.2) is 0 Å². The molecule has 29 heavy (non-hydrogen) atoms. The summed E-state index contributed by atoms with van der Waals surface area (Å²) < 4.78 is 4.16. The molecule has 0 spiro atoms. The standard InChI is InChI=1S/C23H27N5O/c1-14-20-18(13-27(14)6)28-15(2)25-26-22(28)17(12-19(29)23(3,4)5)24-21(20)16-10-8-7-9-11-16/h7-11,13,17H,12H2,1-6H3/t17-/m0/s1. The van der Waals surface area contributed by atoms with Crippen molar-refractivity contribution in [2.24, 2.45) is 17.5 Å². The lowest BCUT2D eigenvalue weighted by Gasteiger charge is -2.19. The van der Waals surface area contributed by atoms with Crippen LogP contribution in [0.3, 0.4) is 0 Å². The molecule has 1 aliphatic rings. The lowest BCUT2D eigenvalue weighted by atomic mass is 9.87. The predicted octanol–water partition coefficient (Wildman–Crippen LogP) is 4.12. The monoisotopic (exact) mass is 389 g/mol. The number of nitrogens with zero attached hydrogens (tertiary/aromatic N) is 5. The minimum absolute atomic E-state index is 0.162. The molecule has 150 valence electrons. The fourth-order valence-electron chi connectivity index (χ4n) is 3.77. The molecule has 1 atom stereocenters. The molecular weight excluding hydrogens is 362 g/mol. The molecule has 0 bridgehead atoms. The molecule has 0 unspecified atom stereocenters. The summed E-state index contributed by atoms with van der Waals surface area (Å²) in [4.78, 5) is 18.0. The normalized spacial score (nSPS) is 16.1. The lowest BCUT2D eigenvalue weighted by molar-refractivity contribution is -0.126. The van der Waals surface area contributed by atoms with Crippen molar-refractivity contribution in [3.8, 4) is 5.69 Å². The smallest absolute Gasteiger partial charge is 0.163 e. The molecule has 0 aliphatic carbocycles. The SMILES string of the molecule is Cc1c2c(cn1C)-n1c(C)nnc1[C@H](CC(=O)C(C)(C)C)N=C2c1ccccc1.